The van der Waals surface area contributed by atoms with Crippen LogP contribution in [0, 0.1) is 11.6 Å². The van der Waals surface area contributed by atoms with Gasteiger partial charge in [0.1, 0.15) is 17.2 Å². The first-order valence-corrected chi connectivity index (χ1v) is 14.3. The predicted octanol–water partition coefficient (Wildman–Crippen LogP) is 7.03. The van der Waals surface area contributed by atoms with Crippen LogP contribution < -0.4 is 10.2 Å². The number of fused-ring (bicyclic) bond motifs is 2. The largest absolute Gasteiger partial charge is 0.437 e. The van der Waals surface area contributed by atoms with Crippen LogP contribution in [0.5, 0.6) is 0 Å². The summed E-state index contributed by atoms with van der Waals surface area (Å²) in [6, 6.07) is 15.6. The fraction of sp³-hybridized carbons (Fsp3) is 0.355. The van der Waals surface area contributed by atoms with E-state index in [1.807, 2.05) is 0 Å². The molecule has 1 spiro atoms. The van der Waals surface area contributed by atoms with Gasteiger partial charge in [0.15, 0.2) is 0 Å². The number of carbonyl (C=O) groups is 2. The molecule has 216 valence electrons. The number of ether oxygens (including phenoxy) is 1. The highest BCUT2D eigenvalue weighted by molar-refractivity contribution is 6.42. The molecule has 2 atom stereocenters. The van der Waals surface area contributed by atoms with Crippen LogP contribution in [-0.4, -0.2) is 43.1 Å². The summed E-state index contributed by atoms with van der Waals surface area (Å²) in [4.78, 5) is 29.8. The second-order valence-electron chi connectivity index (χ2n) is 10.8. The molecular formula is C31H31Cl2F2N3O3. The van der Waals surface area contributed by atoms with Gasteiger partial charge in [0.05, 0.1) is 21.7 Å². The minimum absolute atomic E-state index is 0.0164. The molecule has 3 aromatic carbocycles. The Morgan fingerprint density at radius 3 is 2.37 bits per heavy atom. The lowest BCUT2D eigenvalue weighted by atomic mass is 9.81. The molecule has 1 saturated heterocycles. The van der Waals surface area contributed by atoms with Crippen molar-refractivity contribution in [1.29, 1.82) is 0 Å². The van der Waals surface area contributed by atoms with Gasteiger partial charge in [-0.3, -0.25) is 9.69 Å². The van der Waals surface area contributed by atoms with Crippen LogP contribution in [0.25, 0.3) is 0 Å². The number of nitrogens with zero attached hydrogens (tertiary/aromatic N) is 2. The highest BCUT2D eigenvalue weighted by atomic mass is 35.5. The molecule has 2 aliphatic rings. The minimum Gasteiger partial charge on any atom is -0.437 e. The minimum atomic E-state index is -0.896. The summed E-state index contributed by atoms with van der Waals surface area (Å²) < 4.78 is 33.5. The zero-order chi connectivity index (χ0) is 29.3. The third kappa shape index (κ3) is 6.20. The Bertz CT molecular complexity index is 1450. The second-order valence-corrected chi connectivity index (χ2v) is 11.6. The van der Waals surface area contributed by atoms with Crippen molar-refractivity contribution in [1.82, 2.24) is 10.2 Å². The molecule has 2 amide bonds. The van der Waals surface area contributed by atoms with Crippen LogP contribution >= 0.6 is 23.2 Å². The quantitative estimate of drug-likeness (QED) is 0.316. The molecular weight excluding hydrogens is 571 g/mol. The Labute approximate surface area is 248 Å². The summed E-state index contributed by atoms with van der Waals surface area (Å²) in [5.74, 6) is -1.41. The lowest BCUT2D eigenvalue weighted by Crippen LogP contribution is -2.52. The molecule has 2 aliphatic heterocycles. The topological polar surface area (TPSA) is 61.9 Å². The van der Waals surface area contributed by atoms with Crippen LogP contribution in [0.4, 0.5) is 19.3 Å². The third-order valence-electron chi connectivity index (χ3n) is 8.22. The van der Waals surface area contributed by atoms with Crippen LogP contribution in [0.3, 0.4) is 0 Å². The number of anilines is 1. The maximum absolute atomic E-state index is 14.2. The highest BCUT2D eigenvalue weighted by Crippen LogP contribution is 2.46. The number of halogens is 4. The molecule has 0 bridgehead atoms. The van der Waals surface area contributed by atoms with Crippen molar-refractivity contribution in [2.24, 2.45) is 0 Å². The number of amides is 2. The van der Waals surface area contributed by atoms with Gasteiger partial charge >= 0.3 is 6.09 Å². The average molecular weight is 603 g/mol. The lowest BCUT2D eigenvalue weighted by Gasteiger charge is -2.47. The van der Waals surface area contributed by atoms with Crippen molar-refractivity contribution in [2.75, 3.05) is 25.0 Å². The predicted molar refractivity (Wildman–Crippen MR) is 155 cm³/mol. The lowest BCUT2D eigenvalue weighted by molar-refractivity contribution is -0.123. The van der Waals surface area contributed by atoms with E-state index < -0.39 is 17.6 Å². The summed E-state index contributed by atoms with van der Waals surface area (Å²) in [5, 5.41) is 3.74. The van der Waals surface area contributed by atoms with Gasteiger partial charge in [0.25, 0.3) is 0 Å². The Morgan fingerprint density at radius 2 is 1.68 bits per heavy atom. The zero-order valence-electron chi connectivity index (χ0n) is 22.8. The van der Waals surface area contributed by atoms with E-state index in [0.29, 0.717) is 53.6 Å². The fourth-order valence-corrected chi connectivity index (χ4v) is 6.09. The first-order chi connectivity index (χ1) is 19.6. The Morgan fingerprint density at radius 1 is 1.00 bits per heavy atom. The Hall–Kier alpha value is -3.20. The van der Waals surface area contributed by atoms with Crippen molar-refractivity contribution in [3.8, 4) is 0 Å². The monoisotopic (exact) mass is 601 g/mol. The van der Waals surface area contributed by atoms with Crippen molar-refractivity contribution in [3.63, 3.8) is 0 Å². The number of piperidine rings is 1. The molecule has 2 unspecified atom stereocenters. The smallest absolute Gasteiger partial charge is 0.414 e. The molecule has 2 heterocycles. The normalized spacial score (nSPS) is 18.0. The Balaban J connectivity index is 1.31. The summed E-state index contributed by atoms with van der Waals surface area (Å²) in [7, 11) is 1.62. The summed E-state index contributed by atoms with van der Waals surface area (Å²) in [6.07, 6.45) is 1.04. The molecule has 1 N–H and O–H groups in total. The van der Waals surface area contributed by atoms with E-state index in [4.69, 9.17) is 27.9 Å². The van der Waals surface area contributed by atoms with Crippen LogP contribution in [0.15, 0.2) is 60.7 Å². The number of rotatable bonds is 7. The maximum Gasteiger partial charge on any atom is 0.414 e. The van der Waals surface area contributed by atoms with Gasteiger partial charge < -0.3 is 15.0 Å². The van der Waals surface area contributed by atoms with Gasteiger partial charge in [-0.05, 0) is 66.9 Å². The molecule has 3 aromatic rings. The van der Waals surface area contributed by atoms with Gasteiger partial charge in [-0.15, -0.1) is 0 Å². The highest BCUT2D eigenvalue weighted by Gasteiger charge is 2.47. The number of benzene rings is 3. The Kier molecular flexibility index (Phi) is 8.55. The molecule has 5 rings (SSSR count). The average Bonchev–Trinajstić information content (AvgIpc) is 2.96. The SMILES string of the molecule is CC(CC(C(=O)NCc1ccc(F)cc1)c1ccc(Cl)c(Cl)c1)N1CCC2(CC1)OC(=O)N(C)c1ccc(F)cc12. The van der Waals surface area contributed by atoms with Crippen LogP contribution in [0.1, 0.15) is 48.8 Å². The fourth-order valence-electron chi connectivity index (χ4n) is 5.78. The van der Waals surface area contributed by atoms with Gasteiger partial charge in [0, 0.05) is 51.1 Å². The second kappa shape index (κ2) is 12.0. The summed E-state index contributed by atoms with van der Waals surface area (Å²) >= 11 is 12.5. The third-order valence-corrected chi connectivity index (χ3v) is 8.95. The first kappa shape index (κ1) is 29.3. The van der Waals surface area contributed by atoms with E-state index in [9.17, 15) is 18.4 Å². The molecule has 0 aromatic heterocycles. The van der Waals surface area contributed by atoms with Gasteiger partial charge in [0.2, 0.25) is 5.91 Å². The van der Waals surface area contributed by atoms with E-state index in [-0.39, 0.29) is 30.1 Å². The molecule has 0 aliphatic carbocycles. The van der Waals surface area contributed by atoms with Gasteiger partial charge in [-0.1, -0.05) is 41.4 Å². The number of hydrogen-bond acceptors (Lipinski definition) is 4. The van der Waals surface area contributed by atoms with E-state index in [1.165, 1.54) is 29.2 Å². The maximum atomic E-state index is 14.2. The number of carbonyl (C=O) groups excluding carboxylic acids is 2. The molecule has 0 radical (unpaired) electrons. The molecule has 10 heteroatoms. The van der Waals surface area contributed by atoms with Crippen molar-refractivity contribution in [2.45, 2.75) is 50.3 Å². The zero-order valence-corrected chi connectivity index (χ0v) is 24.3. The standard InChI is InChI=1S/C31H31Cl2F2N3O3/c1-19(38-13-11-31(12-14-38)25-17-23(35)8-10-28(25)37(2)30(40)41-31)15-24(21-5-9-26(32)27(33)16-21)29(39)36-18-20-3-6-22(34)7-4-20/h3-10,16-17,19,24H,11-15,18H2,1-2H3,(H,36,39). The molecule has 6 nitrogen and oxygen atoms in total. The summed E-state index contributed by atoms with van der Waals surface area (Å²) in [5.41, 5.74) is 1.96. The van der Waals surface area contributed by atoms with E-state index in [2.05, 4.69) is 17.1 Å². The number of likely N-dealkylation sites (tertiary alicyclic amines) is 1. The molecule has 1 fully saturated rings. The molecule has 41 heavy (non-hydrogen) atoms. The summed E-state index contributed by atoms with van der Waals surface area (Å²) in [6.45, 7) is 3.51. The van der Waals surface area contributed by atoms with Crippen LogP contribution in [-0.2, 0) is 21.7 Å². The van der Waals surface area contributed by atoms with E-state index in [0.717, 1.165) is 11.1 Å². The van der Waals surface area contributed by atoms with Crippen molar-refractivity contribution >= 4 is 40.9 Å². The van der Waals surface area contributed by atoms with Gasteiger partial charge in [-0.2, -0.15) is 0 Å². The number of nitrogens with one attached hydrogen (secondary N) is 1. The van der Waals surface area contributed by atoms with Crippen LogP contribution in [0.2, 0.25) is 10.0 Å². The van der Waals surface area contributed by atoms with Crippen molar-refractivity contribution in [3.05, 3.63) is 99.0 Å². The number of hydrogen-bond donors (Lipinski definition) is 1. The van der Waals surface area contributed by atoms with Crippen molar-refractivity contribution < 1.29 is 23.1 Å². The van der Waals surface area contributed by atoms with E-state index >= 15 is 0 Å². The van der Waals surface area contributed by atoms with E-state index in [1.54, 1.807) is 43.4 Å². The molecule has 0 saturated carbocycles. The first-order valence-electron chi connectivity index (χ1n) is 13.5. The van der Waals surface area contributed by atoms with Gasteiger partial charge in [-0.25, -0.2) is 13.6 Å².